The maximum Gasteiger partial charge on any atom is -0.0250 e. The molecule has 1 saturated carbocycles. The second-order valence-corrected chi connectivity index (χ2v) is 7.60. The second-order valence-electron chi connectivity index (χ2n) is 7.60. The minimum Gasteiger partial charge on any atom is -0.0776 e. The molecule has 2 aromatic carbocycles. The Morgan fingerprint density at radius 1 is 0.667 bits per heavy atom. The lowest BCUT2D eigenvalue weighted by Gasteiger charge is -2.28. The van der Waals surface area contributed by atoms with Gasteiger partial charge in [-0.1, -0.05) is 79.9 Å². The second kappa shape index (κ2) is 9.06. The normalized spacial score (nSPS) is 20.4. The van der Waals surface area contributed by atoms with Crippen molar-refractivity contribution in [1.29, 1.82) is 0 Å². The molecule has 0 aliphatic heterocycles. The third-order valence-electron chi connectivity index (χ3n) is 5.57. The van der Waals surface area contributed by atoms with Gasteiger partial charge in [-0.3, -0.25) is 0 Å². The fourth-order valence-corrected chi connectivity index (χ4v) is 3.91. The Hall–Kier alpha value is -1.56. The molecular weight excluding hydrogens is 288 g/mol. The summed E-state index contributed by atoms with van der Waals surface area (Å²) in [6.45, 7) is 4.34. The van der Waals surface area contributed by atoms with Crippen molar-refractivity contribution in [2.24, 2.45) is 11.8 Å². The van der Waals surface area contributed by atoms with Gasteiger partial charge in [-0.05, 0) is 68.9 Å². The van der Waals surface area contributed by atoms with Crippen LogP contribution in [-0.2, 0) is 12.8 Å². The Balaban J connectivity index is 0.00000208. The molecule has 130 valence electrons. The summed E-state index contributed by atoms with van der Waals surface area (Å²) in [4.78, 5) is 0. The van der Waals surface area contributed by atoms with E-state index < -0.39 is 0 Å². The van der Waals surface area contributed by atoms with Crippen LogP contribution >= 0.6 is 0 Å². The molecule has 2 aromatic rings. The van der Waals surface area contributed by atoms with Crippen molar-refractivity contribution in [3.05, 3.63) is 70.8 Å². The van der Waals surface area contributed by atoms with E-state index >= 15 is 0 Å². The highest BCUT2D eigenvalue weighted by atomic mass is 14.3. The molecule has 1 aliphatic rings. The van der Waals surface area contributed by atoms with E-state index in [0.717, 1.165) is 11.8 Å². The highest BCUT2D eigenvalue weighted by Crippen LogP contribution is 2.33. The van der Waals surface area contributed by atoms with Gasteiger partial charge in [-0.2, -0.15) is 0 Å². The zero-order valence-electron chi connectivity index (χ0n) is 14.7. The molecule has 0 heterocycles. The fourth-order valence-electron chi connectivity index (χ4n) is 3.91. The molecule has 0 N–H and O–H groups in total. The van der Waals surface area contributed by atoms with Crippen LogP contribution in [-0.4, -0.2) is 0 Å². The summed E-state index contributed by atoms with van der Waals surface area (Å²) in [6.07, 6.45) is 9.63. The molecule has 0 bridgehead atoms. The average molecular weight is 323 g/mol. The molecule has 0 unspecified atom stereocenters. The molecule has 0 atom stereocenters. The zero-order chi connectivity index (χ0) is 16.1. The number of benzene rings is 2. The first-order valence-corrected chi connectivity index (χ1v) is 9.30. The van der Waals surface area contributed by atoms with Crippen molar-refractivity contribution in [2.45, 2.75) is 66.2 Å². The lowest BCUT2D eigenvalue weighted by atomic mass is 9.77. The van der Waals surface area contributed by atoms with Crippen LogP contribution in [0.15, 0.2) is 48.5 Å². The van der Waals surface area contributed by atoms with E-state index in [1.807, 2.05) is 0 Å². The molecule has 0 nitrogen and oxygen atoms in total. The molecule has 0 amide bonds. The molecule has 1 aliphatic carbocycles. The minimum absolute atomic E-state index is 0. The SMILES string of the molecule is C.Cc1ccc(CCC2CCC(Cc3ccc(C)cc3)CC2)cc1. The first kappa shape index (κ1) is 18.8. The Bertz CT molecular complexity index is 583. The lowest BCUT2D eigenvalue weighted by Crippen LogP contribution is -2.17. The Labute approximate surface area is 149 Å². The topological polar surface area (TPSA) is 0 Å². The first-order valence-electron chi connectivity index (χ1n) is 9.30. The smallest absolute Gasteiger partial charge is 0.0250 e. The molecule has 24 heavy (non-hydrogen) atoms. The highest BCUT2D eigenvalue weighted by Gasteiger charge is 2.21. The largest absolute Gasteiger partial charge is 0.0776 e. The quantitative estimate of drug-likeness (QED) is 0.560. The maximum atomic E-state index is 2.32. The van der Waals surface area contributed by atoms with Crippen molar-refractivity contribution in [3.8, 4) is 0 Å². The molecule has 3 rings (SSSR count). The van der Waals surface area contributed by atoms with Crippen LogP contribution < -0.4 is 0 Å². The first-order chi connectivity index (χ1) is 11.2. The summed E-state index contributed by atoms with van der Waals surface area (Å²) < 4.78 is 0. The number of aryl methyl sites for hydroxylation is 3. The number of rotatable bonds is 5. The molecule has 0 spiro atoms. The van der Waals surface area contributed by atoms with Crippen molar-refractivity contribution in [2.75, 3.05) is 0 Å². The predicted octanol–water partition coefficient (Wildman–Crippen LogP) is 6.92. The molecule has 0 aromatic heterocycles. The number of hydrogen-bond donors (Lipinski definition) is 0. The van der Waals surface area contributed by atoms with Gasteiger partial charge in [-0.15, -0.1) is 0 Å². The fraction of sp³-hybridized carbons (Fsp3) is 0.500. The van der Waals surface area contributed by atoms with Gasteiger partial charge in [0.1, 0.15) is 0 Å². The summed E-state index contributed by atoms with van der Waals surface area (Å²) in [5.74, 6) is 1.86. The Morgan fingerprint density at radius 3 is 1.67 bits per heavy atom. The Kier molecular flexibility index (Phi) is 7.09. The van der Waals surface area contributed by atoms with Gasteiger partial charge in [0.05, 0.1) is 0 Å². The van der Waals surface area contributed by atoms with Crippen LogP contribution in [0.3, 0.4) is 0 Å². The predicted molar refractivity (Wildman–Crippen MR) is 107 cm³/mol. The third-order valence-corrected chi connectivity index (χ3v) is 5.57. The van der Waals surface area contributed by atoms with Gasteiger partial charge in [0.2, 0.25) is 0 Å². The van der Waals surface area contributed by atoms with E-state index in [1.54, 1.807) is 0 Å². The van der Waals surface area contributed by atoms with Gasteiger partial charge in [0.15, 0.2) is 0 Å². The van der Waals surface area contributed by atoms with E-state index in [1.165, 1.54) is 67.2 Å². The average Bonchev–Trinajstić information content (AvgIpc) is 2.58. The molecule has 0 heteroatoms. The van der Waals surface area contributed by atoms with Crippen LogP contribution in [0.1, 0.15) is 61.8 Å². The van der Waals surface area contributed by atoms with Crippen LogP contribution in [0.4, 0.5) is 0 Å². The zero-order valence-corrected chi connectivity index (χ0v) is 14.7. The molecular formula is C24H34. The molecule has 1 fully saturated rings. The molecule has 0 radical (unpaired) electrons. The molecule has 0 saturated heterocycles. The third kappa shape index (κ3) is 5.51. The van der Waals surface area contributed by atoms with Crippen LogP contribution in [0.5, 0.6) is 0 Å². The van der Waals surface area contributed by atoms with E-state index in [-0.39, 0.29) is 7.43 Å². The monoisotopic (exact) mass is 322 g/mol. The van der Waals surface area contributed by atoms with Crippen LogP contribution in [0.2, 0.25) is 0 Å². The lowest BCUT2D eigenvalue weighted by molar-refractivity contribution is 0.262. The van der Waals surface area contributed by atoms with Crippen molar-refractivity contribution in [1.82, 2.24) is 0 Å². The summed E-state index contributed by atoms with van der Waals surface area (Å²) >= 11 is 0. The van der Waals surface area contributed by atoms with E-state index in [2.05, 4.69) is 62.4 Å². The highest BCUT2D eigenvalue weighted by molar-refractivity contribution is 5.22. The van der Waals surface area contributed by atoms with Crippen LogP contribution in [0.25, 0.3) is 0 Å². The Morgan fingerprint density at radius 2 is 1.12 bits per heavy atom. The summed E-state index contributed by atoms with van der Waals surface area (Å²) in [5, 5.41) is 0. The number of hydrogen-bond acceptors (Lipinski definition) is 0. The van der Waals surface area contributed by atoms with E-state index in [9.17, 15) is 0 Å². The van der Waals surface area contributed by atoms with Crippen molar-refractivity contribution in [3.63, 3.8) is 0 Å². The summed E-state index contributed by atoms with van der Waals surface area (Å²) in [5.41, 5.74) is 5.77. The van der Waals surface area contributed by atoms with Gasteiger partial charge < -0.3 is 0 Å². The van der Waals surface area contributed by atoms with Gasteiger partial charge in [-0.25, -0.2) is 0 Å². The van der Waals surface area contributed by atoms with Gasteiger partial charge in [0.25, 0.3) is 0 Å². The van der Waals surface area contributed by atoms with Crippen molar-refractivity contribution < 1.29 is 0 Å². The minimum atomic E-state index is 0. The van der Waals surface area contributed by atoms with Crippen LogP contribution in [0, 0.1) is 25.7 Å². The van der Waals surface area contributed by atoms with E-state index in [0.29, 0.717) is 0 Å². The summed E-state index contributed by atoms with van der Waals surface area (Å²) in [7, 11) is 0. The maximum absolute atomic E-state index is 2.32. The van der Waals surface area contributed by atoms with Gasteiger partial charge in [0, 0.05) is 0 Å². The summed E-state index contributed by atoms with van der Waals surface area (Å²) in [6, 6.07) is 18.2. The standard InChI is InChI=1S/C23H30.CH4/c1-18-3-7-20(8-4-18)11-12-21-13-15-23(16-14-21)17-22-9-5-19(2)6-10-22;/h3-10,21,23H,11-17H2,1-2H3;1H4. The van der Waals surface area contributed by atoms with E-state index in [4.69, 9.17) is 0 Å². The van der Waals surface area contributed by atoms with Crippen molar-refractivity contribution >= 4 is 0 Å². The van der Waals surface area contributed by atoms with Gasteiger partial charge >= 0.3 is 0 Å².